The fourth-order valence-electron chi connectivity index (χ4n) is 2.26. The van der Waals surface area contributed by atoms with Crippen LogP contribution in [0.1, 0.15) is 5.56 Å². The van der Waals surface area contributed by atoms with Crippen molar-refractivity contribution in [2.45, 2.75) is 6.18 Å². The van der Waals surface area contributed by atoms with E-state index in [4.69, 9.17) is 0 Å². The highest BCUT2D eigenvalue weighted by Gasteiger charge is 2.29. The van der Waals surface area contributed by atoms with E-state index in [9.17, 15) is 18.0 Å². The molecule has 0 bridgehead atoms. The number of hydrogen-bond acceptors (Lipinski definition) is 4. The topological polar surface area (TPSA) is 66.9 Å². The molecule has 1 heterocycles. The first kappa shape index (κ1) is 16.7. The van der Waals surface area contributed by atoms with Gasteiger partial charge in [-0.3, -0.25) is 4.79 Å². The number of aromatic nitrogens is 2. The molecule has 0 aliphatic carbocycles. The third-order valence-electron chi connectivity index (χ3n) is 3.46. The average Bonchev–Trinajstić information content (AvgIpc) is 2.59. The summed E-state index contributed by atoms with van der Waals surface area (Å²) in [5, 5.41) is 6.20. The number of halogens is 3. The number of anilines is 2. The van der Waals surface area contributed by atoms with Gasteiger partial charge in [-0.2, -0.15) is 13.2 Å². The largest absolute Gasteiger partial charge is 0.416 e. The number of amides is 1. The Balaban J connectivity index is 1.63. The first-order chi connectivity index (χ1) is 11.9. The maximum Gasteiger partial charge on any atom is 0.416 e. The van der Waals surface area contributed by atoms with Gasteiger partial charge in [0, 0.05) is 11.1 Å². The Labute approximate surface area is 140 Å². The molecule has 3 rings (SSSR count). The number of carbonyl (C=O) groups is 1. The molecule has 8 heteroatoms. The lowest BCUT2D eigenvalue weighted by Crippen LogP contribution is -2.22. The van der Waals surface area contributed by atoms with Crippen molar-refractivity contribution in [2.75, 3.05) is 17.2 Å². The van der Waals surface area contributed by atoms with E-state index in [2.05, 4.69) is 20.6 Å². The minimum Gasteiger partial charge on any atom is -0.360 e. The number of para-hydroxylation sites is 1. The van der Waals surface area contributed by atoms with E-state index in [-0.39, 0.29) is 12.2 Å². The number of nitrogens with zero attached hydrogens (tertiary/aromatic N) is 2. The van der Waals surface area contributed by atoms with Crippen molar-refractivity contribution in [3.05, 3.63) is 60.4 Å². The SMILES string of the molecule is O=C(CNc1ncnc2ccccc12)Nc1ccc(C(F)(F)F)cc1. The lowest BCUT2D eigenvalue weighted by atomic mass is 10.2. The molecule has 0 fully saturated rings. The average molecular weight is 346 g/mol. The second-order valence-electron chi connectivity index (χ2n) is 5.22. The van der Waals surface area contributed by atoms with E-state index in [1.54, 1.807) is 0 Å². The van der Waals surface area contributed by atoms with E-state index in [0.29, 0.717) is 5.82 Å². The van der Waals surface area contributed by atoms with Gasteiger partial charge >= 0.3 is 6.18 Å². The molecule has 0 unspecified atom stereocenters. The number of rotatable bonds is 4. The summed E-state index contributed by atoms with van der Waals surface area (Å²) in [6, 6.07) is 11.6. The van der Waals surface area contributed by atoms with E-state index in [1.165, 1.54) is 18.5 Å². The number of benzene rings is 2. The highest BCUT2D eigenvalue weighted by Crippen LogP contribution is 2.29. The van der Waals surface area contributed by atoms with Crippen LogP contribution in [0.2, 0.25) is 0 Å². The van der Waals surface area contributed by atoms with Gasteiger partial charge in [0.05, 0.1) is 17.6 Å². The van der Waals surface area contributed by atoms with Crippen molar-refractivity contribution in [1.82, 2.24) is 9.97 Å². The molecule has 3 aromatic rings. The van der Waals surface area contributed by atoms with Crippen LogP contribution in [0.3, 0.4) is 0 Å². The van der Waals surface area contributed by atoms with Crippen LogP contribution in [0, 0.1) is 0 Å². The zero-order valence-electron chi connectivity index (χ0n) is 12.8. The van der Waals surface area contributed by atoms with Crippen LogP contribution in [0.4, 0.5) is 24.7 Å². The molecule has 5 nitrogen and oxygen atoms in total. The highest BCUT2D eigenvalue weighted by molar-refractivity contribution is 5.95. The van der Waals surface area contributed by atoms with Crippen LogP contribution in [0.25, 0.3) is 10.9 Å². The molecule has 0 saturated heterocycles. The fraction of sp³-hybridized carbons (Fsp3) is 0.118. The number of alkyl halides is 3. The molecule has 2 N–H and O–H groups in total. The Kier molecular flexibility index (Phi) is 4.51. The molecule has 0 saturated carbocycles. The van der Waals surface area contributed by atoms with E-state index in [1.807, 2.05) is 24.3 Å². The molecule has 0 spiro atoms. The summed E-state index contributed by atoms with van der Waals surface area (Å²) in [5.41, 5.74) is 0.256. The Morgan fingerprint density at radius 1 is 1.00 bits per heavy atom. The molecule has 25 heavy (non-hydrogen) atoms. The van der Waals surface area contributed by atoms with E-state index >= 15 is 0 Å². The molecular weight excluding hydrogens is 333 g/mol. The molecule has 0 aliphatic rings. The third kappa shape index (κ3) is 4.03. The summed E-state index contributed by atoms with van der Waals surface area (Å²) >= 11 is 0. The second-order valence-corrected chi connectivity index (χ2v) is 5.22. The van der Waals surface area contributed by atoms with Gasteiger partial charge < -0.3 is 10.6 Å². The van der Waals surface area contributed by atoms with Gasteiger partial charge in [-0.25, -0.2) is 9.97 Å². The first-order valence-corrected chi connectivity index (χ1v) is 7.34. The smallest absolute Gasteiger partial charge is 0.360 e. The Hall–Kier alpha value is -3.16. The third-order valence-corrected chi connectivity index (χ3v) is 3.46. The maximum atomic E-state index is 12.5. The number of nitrogens with one attached hydrogen (secondary N) is 2. The van der Waals surface area contributed by atoms with Crippen molar-refractivity contribution in [3.8, 4) is 0 Å². The predicted molar refractivity (Wildman–Crippen MR) is 88.1 cm³/mol. The van der Waals surface area contributed by atoms with E-state index < -0.39 is 17.6 Å². The zero-order chi connectivity index (χ0) is 17.9. The van der Waals surface area contributed by atoms with Crippen molar-refractivity contribution < 1.29 is 18.0 Å². The summed E-state index contributed by atoms with van der Waals surface area (Å²) in [6.45, 7) is -0.0813. The molecule has 1 amide bonds. The minimum absolute atomic E-state index is 0.0813. The first-order valence-electron chi connectivity index (χ1n) is 7.34. The molecule has 0 aliphatic heterocycles. The summed E-state index contributed by atoms with van der Waals surface area (Å²) in [7, 11) is 0. The quantitative estimate of drug-likeness (QED) is 0.756. The Morgan fingerprint density at radius 2 is 1.72 bits per heavy atom. The maximum absolute atomic E-state index is 12.5. The van der Waals surface area contributed by atoms with Crippen LogP contribution in [-0.2, 0) is 11.0 Å². The van der Waals surface area contributed by atoms with Gasteiger partial charge in [0.25, 0.3) is 0 Å². The van der Waals surface area contributed by atoms with Crippen LogP contribution in [0.15, 0.2) is 54.9 Å². The zero-order valence-corrected chi connectivity index (χ0v) is 12.8. The fourth-order valence-corrected chi connectivity index (χ4v) is 2.26. The molecule has 1 aromatic heterocycles. The number of carbonyl (C=O) groups excluding carboxylic acids is 1. The lowest BCUT2D eigenvalue weighted by Gasteiger charge is -2.10. The summed E-state index contributed by atoms with van der Waals surface area (Å²) in [5.74, 6) is 0.107. The Morgan fingerprint density at radius 3 is 2.44 bits per heavy atom. The number of hydrogen-bond donors (Lipinski definition) is 2. The second kappa shape index (κ2) is 6.76. The van der Waals surface area contributed by atoms with Gasteiger partial charge in [-0.15, -0.1) is 0 Å². The van der Waals surface area contributed by atoms with Gasteiger partial charge in [0.2, 0.25) is 5.91 Å². The lowest BCUT2D eigenvalue weighted by molar-refractivity contribution is -0.137. The van der Waals surface area contributed by atoms with Crippen LogP contribution in [-0.4, -0.2) is 22.4 Å². The van der Waals surface area contributed by atoms with Crippen molar-refractivity contribution in [2.24, 2.45) is 0 Å². The molecule has 0 radical (unpaired) electrons. The summed E-state index contributed by atoms with van der Waals surface area (Å²) < 4.78 is 37.5. The summed E-state index contributed by atoms with van der Waals surface area (Å²) in [4.78, 5) is 20.2. The monoisotopic (exact) mass is 346 g/mol. The standard InChI is InChI=1S/C17H13F3N4O/c18-17(19,20)11-5-7-12(8-6-11)24-15(25)9-21-16-13-3-1-2-4-14(13)22-10-23-16/h1-8,10H,9H2,(H,24,25)(H,21,22,23). The number of fused-ring (bicyclic) bond motifs is 1. The Bertz CT molecular complexity index is 889. The summed E-state index contributed by atoms with van der Waals surface area (Å²) in [6.07, 6.45) is -3.02. The van der Waals surface area contributed by atoms with Gasteiger partial charge in [0.15, 0.2) is 0 Å². The highest BCUT2D eigenvalue weighted by atomic mass is 19.4. The van der Waals surface area contributed by atoms with Crippen LogP contribution >= 0.6 is 0 Å². The predicted octanol–water partition coefficient (Wildman–Crippen LogP) is 3.70. The van der Waals surface area contributed by atoms with E-state index in [0.717, 1.165) is 23.0 Å². The van der Waals surface area contributed by atoms with Crippen molar-refractivity contribution >= 4 is 28.3 Å². The molecule has 2 aromatic carbocycles. The molecule has 0 atom stereocenters. The molecular formula is C17H13F3N4O. The normalized spacial score (nSPS) is 11.3. The van der Waals surface area contributed by atoms with Gasteiger partial charge in [-0.1, -0.05) is 12.1 Å². The van der Waals surface area contributed by atoms with Crippen LogP contribution < -0.4 is 10.6 Å². The van der Waals surface area contributed by atoms with Crippen LogP contribution in [0.5, 0.6) is 0 Å². The van der Waals surface area contributed by atoms with Gasteiger partial charge in [-0.05, 0) is 36.4 Å². The minimum atomic E-state index is -4.40. The van der Waals surface area contributed by atoms with Crippen molar-refractivity contribution in [1.29, 1.82) is 0 Å². The van der Waals surface area contributed by atoms with Gasteiger partial charge in [0.1, 0.15) is 12.1 Å². The molecule has 128 valence electrons. The van der Waals surface area contributed by atoms with Crippen molar-refractivity contribution in [3.63, 3.8) is 0 Å².